The summed E-state index contributed by atoms with van der Waals surface area (Å²) >= 11 is 0. The van der Waals surface area contributed by atoms with Crippen LogP contribution in [0.15, 0.2) is 0 Å². The zero-order valence-electron chi connectivity index (χ0n) is 8.00. The average Bonchev–Trinajstić information content (AvgIpc) is 2.15. The van der Waals surface area contributed by atoms with Crippen LogP contribution in [0.5, 0.6) is 0 Å². The van der Waals surface area contributed by atoms with Crippen LogP contribution in [0.25, 0.3) is 0 Å². The van der Waals surface area contributed by atoms with Crippen molar-refractivity contribution in [1.29, 1.82) is 0 Å². The molecule has 0 amide bonds. The molecule has 1 aliphatic heterocycles. The van der Waals surface area contributed by atoms with E-state index in [0.29, 0.717) is 6.42 Å². The lowest BCUT2D eigenvalue weighted by Gasteiger charge is -2.40. The minimum absolute atomic E-state index is 0. The molecule has 0 aromatic rings. The Balaban J connectivity index is 0.00000169. The third-order valence-electron chi connectivity index (χ3n) is 2.59. The van der Waals surface area contributed by atoms with E-state index in [4.69, 9.17) is 5.11 Å². The van der Waals surface area contributed by atoms with Crippen LogP contribution in [-0.2, 0) is 0 Å². The molecule has 1 heterocycles. The maximum atomic E-state index is 9.47. The van der Waals surface area contributed by atoms with E-state index in [9.17, 15) is 15.3 Å². The van der Waals surface area contributed by atoms with Gasteiger partial charge in [-0.05, 0) is 6.42 Å². The fourth-order valence-electron chi connectivity index (χ4n) is 1.67. The van der Waals surface area contributed by atoms with Crippen LogP contribution in [-0.4, -0.2) is 57.4 Å². The maximum absolute atomic E-state index is 9.47. The first kappa shape index (κ1) is 14.1. The summed E-state index contributed by atoms with van der Waals surface area (Å²) in [5.41, 5.74) is 0. The molecule has 0 unspecified atom stereocenters. The first-order valence-electron chi connectivity index (χ1n) is 4.53. The minimum atomic E-state index is -1.18. The Labute approximate surface area is 89.2 Å². The van der Waals surface area contributed by atoms with Gasteiger partial charge in [0.1, 0.15) is 6.10 Å². The summed E-state index contributed by atoms with van der Waals surface area (Å²) in [6, 6.07) is -0.820. The Kier molecular flexibility index (Phi) is 5.88. The molecule has 86 valence electrons. The van der Waals surface area contributed by atoms with E-state index < -0.39 is 24.4 Å². The fraction of sp³-hybridized carbons (Fsp3) is 1.00. The second-order valence-electron chi connectivity index (χ2n) is 3.44. The molecule has 1 fully saturated rings. The van der Waals surface area contributed by atoms with Crippen LogP contribution in [0, 0.1) is 0 Å². The fourth-order valence-corrected chi connectivity index (χ4v) is 1.67. The molecule has 0 spiro atoms. The average molecular weight is 228 g/mol. The Hall–Kier alpha value is 0.0900. The van der Waals surface area contributed by atoms with Gasteiger partial charge >= 0.3 is 0 Å². The molecule has 1 aliphatic rings. The number of nitrogens with one attached hydrogen (secondary N) is 1. The lowest BCUT2D eigenvalue weighted by molar-refractivity contribution is -0.119. The number of aliphatic hydroxyl groups excluding tert-OH is 4. The van der Waals surface area contributed by atoms with Crippen LogP contribution >= 0.6 is 12.4 Å². The molecular weight excluding hydrogens is 210 g/mol. The highest BCUT2D eigenvalue weighted by atomic mass is 35.5. The van der Waals surface area contributed by atoms with Crippen LogP contribution in [0.4, 0.5) is 0 Å². The van der Waals surface area contributed by atoms with Crippen molar-refractivity contribution < 1.29 is 20.4 Å². The summed E-state index contributed by atoms with van der Waals surface area (Å²) in [4.78, 5) is 0. The van der Waals surface area contributed by atoms with Crippen LogP contribution in [0.3, 0.4) is 0 Å². The van der Waals surface area contributed by atoms with Gasteiger partial charge in [-0.3, -0.25) is 0 Å². The molecule has 14 heavy (non-hydrogen) atoms. The summed E-state index contributed by atoms with van der Waals surface area (Å²) in [5, 5.41) is 40.0. The molecule has 0 radical (unpaired) electrons. The first-order valence-corrected chi connectivity index (χ1v) is 4.53. The highest BCUT2D eigenvalue weighted by molar-refractivity contribution is 5.85. The summed E-state index contributed by atoms with van der Waals surface area (Å²) in [6.07, 6.45) is -2.62. The van der Waals surface area contributed by atoms with Gasteiger partial charge in [0.2, 0.25) is 0 Å². The van der Waals surface area contributed by atoms with Gasteiger partial charge in [-0.2, -0.15) is 0 Å². The Bertz CT molecular complexity index is 151. The smallest absolute Gasteiger partial charge is 0.109 e. The number of hydrogen-bond donors (Lipinski definition) is 5. The van der Waals surface area contributed by atoms with Gasteiger partial charge in [0.05, 0.1) is 24.9 Å². The Morgan fingerprint density at radius 3 is 1.93 bits per heavy atom. The Morgan fingerprint density at radius 2 is 1.50 bits per heavy atom. The minimum Gasteiger partial charge on any atom is -0.395 e. The van der Waals surface area contributed by atoms with E-state index in [1.165, 1.54) is 0 Å². The van der Waals surface area contributed by atoms with Gasteiger partial charge in [-0.25, -0.2) is 0 Å². The number of piperidine rings is 1. The molecule has 0 saturated carbocycles. The molecule has 5 nitrogen and oxygen atoms in total. The van der Waals surface area contributed by atoms with Crippen molar-refractivity contribution in [2.45, 2.75) is 43.7 Å². The summed E-state index contributed by atoms with van der Waals surface area (Å²) in [5.74, 6) is 0. The first-order chi connectivity index (χ1) is 6.11. The predicted molar refractivity (Wildman–Crippen MR) is 53.4 cm³/mol. The maximum Gasteiger partial charge on any atom is 0.109 e. The number of rotatable bonds is 2. The standard InChI is InChI=1S/C8H17NO4.ClH/c1-2-4-6(11)8(13)7(12)5(3-10)9-4;/h4-13H,2-3H2,1H3;1H/t4-,5-,6-,7+,8+;/m0./s1. The molecule has 0 bridgehead atoms. The largest absolute Gasteiger partial charge is 0.395 e. The zero-order chi connectivity index (χ0) is 10.0. The lowest BCUT2D eigenvalue weighted by Crippen LogP contribution is -2.65. The number of hydrogen-bond acceptors (Lipinski definition) is 5. The molecule has 5 atom stereocenters. The molecule has 0 aromatic heterocycles. The SMILES string of the molecule is CC[C@@H]1N[C@@H](CO)[C@@H](O)[C@H](O)[C@H]1O.Cl. The van der Waals surface area contributed by atoms with Crippen molar-refractivity contribution in [3.8, 4) is 0 Å². The normalized spacial score (nSPS) is 43.1. The van der Waals surface area contributed by atoms with Gasteiger partial charge < -0.3 is 25.7 Å². The van der Waals surface area contributed by atoms with E-state index in [2.05, 4.69) is 5.32 Å². The van der Waals surface area contributed by atoms with Crippen molar-refractivity contribution in [2.24, 2.45) is 0 Å². The Morgan fingerprint density at radius 1 is 1.00 bits per heavy atom. The summed E-state index contributed by atoms with van der Waals surface area (Å²) < 4.78 is 0. The van der Waals surface area contributed by atoms with E-state index in [1.54, 1.807) is 0 Å². The number of aliphatic hydroxyl groups is 4. The van der Waals surface area contributed by atoms with Crippen molar-refractivity contribution >= 4 is 12.4 Å². The van der Waals surface area contributed by atoms with Gasteiger partial charge in [-0.15, -0.1) is 12.4 Å². The summed E-state index contributed by atoms with van der Waals surface area (Å²) in [7, 11) is 0. The van der Waals surface area contributed by atoms with Crippen molar-refractivity contribution in [3.05, 3.63) is 0 Å². The van der Waals surface area contributed by atoms with E-state index in [-0.39, 0.29) is 25.1 Å². The molecule has 6 heteroatoms. The predicted octanol–water partition coefficient (Wildman–Crippen LogP) is -1.77. The van der Waals surface area contributed by atoms with Gasteiger partial charge in [0.25, 0.3) is 0 Å². The molecule has 1 rings (SSSR count). The monoisotopic (exact) mass is 227 g/mol. The van der Waals surface area contributed by atoms with Crippen LogP contribution < -0.4 is 5.32 Å². The third kappa shape index (κ3) is 2.56. The van der Waals surface area contributed by atoms with E-state index in [1.807, 2.05) is 6.92 Å². The molecule has 0 aliphatic carbocycles. The summed E-state index contributed by atoms with van der Waals surface area (Å²) in [6.45, 7) is 1.61. The van der Waals surface area contributed by atoms with Crippen molar-refractivity contribution in [3.63, 3.8) is 0 Å². The quantitative estimate of drug-likeness (QED) is 0.385. The highest BCUT2D eigenvalue weighted by Crippen LogP contribution is 2.16. The third-order valence-corrected chi connectivity index (χ3v) is 2.59. The van der Waals surface area contributed by atoms with Crippen molar-refractivity contribution in [1.82, 2.24) is 5.32 Å². The van der Waals surface area contributed by atoms with E-state index >= 15 is 0 Å². The molecule has 0 aromatic carbocycles. The lowest BCUT2D eigenvalue weighted by atomic mass is 9.89. The van der Waals surface area contributed by atoms with E-state index in [0.717, 1.165) is 0 Å². The molecule has 5 N–H and O–H groups in total. The van der Waals surface area contributed by atoms with Crippen molar-refractivity contribution in [2.75, 3.05) is 6.61 Å². The van der Waals surface area contributed by atoms with Gasteiger partial charge in [0.15, 0.2) is 0 Å². The highest BCUT2D eigenvalue weighted by Gasteiger charge is 2.40. The topological polar surface area (TPSA) is 93.0 Å². The second-order valence-corrected chi connectivity index (χ2v) is 3.44. The molecular formula is C8H18ClNO4. The van der Waals surface area contributed by atoms with Gasteiger partial charge in [0, 0.05) is 6.04 Å². The second kappa shape index (κ2) is 5.85. The van der Waals surface area contributed by atoms with Crippen LogP contribution in [0.1, 0.15) is 13.3 Å². The molecule has 1 saturated heterocycles. The number of halogens is 1. The van der Waals surface area contributed by atoms with Crippen LogP contribution in [0.2, 0.25) is 0 Å². The zero-order valence-corrected chi connectivity index (χ0v) is 8.81. The van der Waals surface area contributed by atoms with Gasteiger partial charge in [-0.1, -0.05) is 6.92 Å².